The van der Waals surface area contributed by atoms with Crippen LogP contribution in [0.25, 0.3) is 10.8 Å². The maximum absolute atomic E-state index is 14.5. The average molecular weight is 702 g/mol. The minimum atomic E-state index is -1.14. The Morgan fingerprint density at radius 3 is 2.35 bits per heavy atom. The van der Waals surface area contributed by atoms with Gasteiger partial charge in [0.2, 0.25) is 5.91 Å². The summed E-state index contributed by atoms with van der Waals surface area (Å²) in [5.74, 6) is -0.764. The molecule has 0 bridgehead atoms. The van der Waals surface area contributed by atoms with Gasteiger partial charge in [-0.15, -0.1) is 12.4 Å². The van der Waals surface area contributed by atoms with E-state index in [1.807, 2.05) is 36.4 Å². The molecule has 2 N–H and O–H groups in total. The lowest BCUT2D eigenvalue weighted by Gasteiger charge is -2.27. The van der Waals surface area contributed by atoms with Gasteiger partial charge in [-0.25, -0.2) is 0 Å². The highest BCUT2D eigenvalue weighted by Crippen LogP contribution is 2.39. The molecule has 1 heterocycles. The van der Waals surface area contributed by atoms with Gasteiger partial charge in [-0.2, -0.15) is 10.5 Å². The lowest BCUT2D eigenvalue weighted by atomic mass is 10.0. The summed E-state index contributed by atoms with van der Waals surface area (Å²) < 4.78 is 6.61. The molecule has 10 nitrogen and oxygen atoms in total. The van der Waals surface area contributed by atoms with E-state index >= 15 is 0 Å². The fourth-order valence-electron chi connectivity index (χ4n) is 5.31. The summed E-state index contributed by atoms with van der Waals surface area (Å²) in [5.41, 5.74) is 2.39. The monoisotopic (exact) mass is 700 g/mol. The normalized spacial score (nSPS) is 14.7. The fourth-order valence-corrected chi connectivity index (χ4v) is 5.81. The second-order valence-electron chi connectivity index (χ2n) is 10.5. The van der Waals surface area contributed by atoms with Gasteiger partial charge in [0.1, 0.15) is 11.8 Å². The molecule has 234 valence electrons. The van der Waals surface area contributed by atoms with Crippen molar-refractivity contribution in [2.24, 2.45) is 0 Å². The van der Waals surface area contributed by atoms with E-state index in [0.717, 1.165) is 20.8 Å². The molecule has 5 rings (SSSR count). The quantitative estimate of drug-likeness (QED) is 0.275. The molecule has 0 fully saturated rings. The number of amides is 3. The highest BCUT2D eigenvalue weighted by Gasteiger charge is 2.38. The van der Waals surface area contributed by atoms with Crippen molar-refractivity contribution in [2.75, 3.05) is 30.5 Å². The molecule has 1 aliphatic rings. The number of nitriles is 2. The molecule has 0 radical (unpaired) electrons. The Labute approximate surface area is 281 Å². The summed E-state index contributed by atoms with van der Waals surface area (Å²) in [6.45, 7) is 1.51. The summed E-state index contributed by atoms with van der Waals surface area (Å²) in [6.07, 6.45) is 0. The van der Waals surface area contributed by atoms with Crippen LogP contribution in [0.1, 0.15) is 34.0 Å². The smallest absolute Gasteiger partial charge is 0.258 e. The van der Waals surface area contributed by atoms with E-state index in [-0.39, 0.29) is 36.6 Å². The number of hydrogen-bond donors (Lipinski definition) is 2. The molecule has 46 heavy (non-hydrogen) atoms. The van der Waals surface area contributed by atoms with E-state index in [2.05, 4.69) is 32.6 Å². The lowest BCUT2D eigenvalue weighted by molar-refractivity contribution is -0.128. The van der Waals surface area contributed by atoms with Crippen LogP contribution in [0, 0.1) is 22.7 Å². The van der Waals surface area contributed by atoms with E-state index in [4.69, 9.17) is 4.74 Å². The number of carbonyl (C=O) groups is 3. The molecular weight excluding hydrogens is 672 g/mol. The molecule has 3 amide bonds. The predicted molar refractivity (Wildman–Crippen MR) is 181 cm³/mol. The number of rotatable bonds is 7. The Hall–Kier alpha value is -4.94. The Balaban J connectivity index is 0.00000480. The maximum atomic E-state index is 14.5. The summed E-state index contributed by atoms with van der Waals surface area (Å²) >= 11 is 3.61. The van der Waals surface area contributed by atoms with Crippen molar-refractivity contribution in [1.82, 2.24) is 10.6 Å². The zero-order valence-electron chi connectivity index (χ0n) is 25.2. The van der Waals surface area contributed by atoms with E-state index < -0.39 is 29.8 Å². The third-order valence-corrected chi connectivity index (χ3v) is 8.57. The molecule has 0 unspecified atom stereocenters. The van der Waals surface area contributed by atoms with Crippen LogP contribution in [0.5, 0.6) is 5.75 Å². The van der Waals surface area contributed by atoms with Gasteiger partial charge in [0.15, 0.2) is 0 Å². The SMILES string of the molecule is CN[C@@H](C)C(=O)N[C@H]1CN(C(=O)c2ccc(C#N)cc2)c2cc(C#N)ccc2N(Cc2c(OC)ccc3c(Br)cccc23)C1=O.Cl. The Morgan fingerprint density at radius 1 is 1.00 bits per heavy atom. The van der Waals surface area contributed by atoms with E-state index in [9.17, 15) is 24.9 Å². The highest BCUT2D eigenvalue weighted by molar-refractivity contribution is 9.10. The molecule has 0 saturated carbocycles. The maximum Gasteiger partial charge on any atom is 0.258 e. The number of anilines is 2. The minimum absolute atomic E-state index is 0. The zero-order chi connectivity index (χ0) is 32.2. The van der Waals surface area contributed by atoms with Crippen molar-refractivity contribution in [3.63, 3.8) is 0 Å². The molecule has 4 aromatic rings. The molecule has 0 aliphatic carbocycles. The first-order valence-corrected chi connectivity index (χ1v) is 14.9. The Bertz CT molecular complexity index is 1900. The van der Waals surface area contributed by atoms with Gasteiger partial charge in [-0.1, -0.05) is 28.1 Å². The van der Waals surface area contributed by atoms with Crippen molar-refractivity contribution in [1.29, 1.82) is 10.5 Å². The number of hydrogen-bond acceptors (Lipinski definition) is 7. The molecule has 0 saturated heterocycles. The van der Waals surface area contributed by atoms with Gasteiger partial charge >= 0.3 is 0 Å². The zero-order valence-corrected chi connectivity index (χ0v) is 27.6. The van der Waals surface area contributed by atoms with Crippen molar-refractivity contribution in [2.45, 2.75) is 25.6 Å². The Kier molecular flexibility index (Phi) is 10.7. The number of nitrogens with zero attached hydrogens (tertiary/aromatic N) is 4. The van der Waals surface area contributed by atoms with Crippen molar-refractivity contribution in [3.05, 3.63) is 99.5 Å². The van der Waals surface area contributed by atoms with Crippen LogP contribution in [-0.4, -0.2) is 50.5 Å². The van der Waals surface area contributed by atoms with Crippen molar-refractivity contribution >= 4 is 68.2 Å². The first-order chi connectivity index (χ1) is 21.7. The molecule has 4 aromatic carbocycles. The van der Waals surface area contributed by atoms with Gasteiger partial charge < -0.3 is 25.2 Å². The molecule has 1 aliphatic heterocycles. The van der Waals surface area contributed by atoms with Gasteiger partial charge in [0, 0.05) is 15.6 Å². The van der Waals surface area contributed by atoms with Gasteiger partial charge in [0.05, 0.1) is 60.9 Å². The number of methoxy groups -OCH3 is 1. The summed E-state index contributed by atoms with van der Waals surface area (Å²) in [5, 5.41) is 26.5. The van der Waals surface area contributed by atoms with Crippen molar-refractivity contribution < 1.29 is 19.1 Å². The fraction of sp³-hybridized carbons (Fsp3) is 0.206. The molecule has 0 aromatic heterocycles. The highest BCUT2D eigenvalue weighted by atomic mass is 79.9. The first-order valence-electron chi connectivity index (χ1n) is 14.1. The summed E-state index contributed by atoms with van der Waals surface area (Å²) in [6, 6.07) is 22.9. The van der Waals surface area contributed by atoms with Crippen LogP contribution >= 0.6 is 28.3 Å². The second-order valence-corrected chi connectivity index (χ2v) is 11.4. The number of likely N-dealkylation sites (N-methyl/N-ethyl adjacent to an activating group) is 1. The predicted octanol–water partition coefficient (Wildman–Crippen LogP) is 5.06. The van der Waals surface area contributed by atoms with Gasteiger partial charge in [-0.3, -0.25) is 14.4 Å². The number of halogens is 2. The summed E-state index contributed by atoms with van der Waals surface area (Å²) in [7, 11) is 3.19. The first kappa shape index (κ1) is 33.9. The van der Waals surface area contributed by atoms with E-state index in [1.54, 1.807) is 39.3 Å². The second kappa shape index (κ2) is 14.4. The Morgan fingerprint density at radius 2 is 1.70 bits per heavy atom. The molecule has 12 heteroatoms. The molecule has 0 spiro atoms. The number of benzene rings is 4. The van der Waals surface area contributed by atoms with E-state index in [1.165, 1.54) is 34.1 Å². The van der Waals surface area contributed by atoms with Crippen molar-refractivity contribution in [3.8, 4) is 17.9 Å². The van der Waals surface area contributed by atoms with Crippen LogP contribution in [0.15, 0.2) is 77.3 Å². The number of carbonyl (C=O) groups excluding carboxylic acids is 3. The summed E-state index contributed by atoms with van der Waals surface area (Å²) in [4.78, 5) is 44.7. The van der Waals surface area contributed by atoms with E-state index in [0.29, 0.717) is 22.7 Å². The average Bonchev–Trinajstić information content (AvgIpc) is 3.18. The largest absolute Gasteiger partial charge is 0.496 e. The molecular formula is C34H30BrClN6O4. The number of fused-ring (bicyclic) bond motifs is 2. The van der Waals surface area contributed by atoms with Gasteiger partial charge in [0.25, 0.3) is 11.8 Å². The molecule has 2 atom stereocenters. The van der Waals surface area contributed by atoms with Crippen LogP contribution in [-0.2, 0) is 16.1 Å². The van der Waals surface area contributed by atoms with Crippen LogP contribution in [0.2, 0.25) is 0 Å². The van der Waals surface area contributed by atoms with Crippen LogP contribution in [0.4, 0.5) is 11.4 Å². The topological polar surface area (TPSA) is 139 Å². The number of nitrogens with one attached hydrogen (secondary N) is 2. The van der Waals surface area contributed by atoms with Crippen LogP contribution < -0.4 is 25.2 Å². The van der Waals surface area contributed by atoms with Gasteiger partial charge in [-0.05, 0) is 85.4 Å². The van der Waals surface area contributed by atoms with Crippen LogP contribution in [0.3, 0.4) is 0 Å². The standard InChI is InChI=1S/C34H29BrN6O4.ClH/c1-20(38-2)32(42)39-28-19-41(33(43)23-10-7-21(16-36)8-11-23)30-15-22(17-37)9-13-29(30)40(34(28)44)18-26-24-5-4-6-27(35)25(24)12-14-31(26)45-3;/h4-15,20,28,38H,18-19H2,1-3H3,(H,39,42);1H/t20-,28-;/m0./s1. The number of ether oxygens (including phenoxy) is 1. The third kappa shape index (κ3) is 6.53. The third-order valence-electron chi connectivity index (χ3n) is 7.88. The minimum Gasteiger partial charge on any atom is -0.496 e. The lowest BCUT2D eigenvalue weighted by Crippen LogP contribution is -2.55.